The normalized spacial score (nSPS) is 11.8. The summed E-state index contributed by atoms with van der Waals surface area (Å²) >= 11 is 0. The van der Waals surface area contributed by atoms with E-state index in [0.717, 1.165) is 5.82 Å². The highest BCUT2D eigenvalue weighted by molar-refractivity contribution is 5.40. The van der Waals surface area contributed by atoms with Crippen molar-refractivity contribution in [2.24, 2.45) is 0 Å². The van der Waals surface area contributed by atoms with E-state index in [1.54, 1.807) is 0 Å². The van der Waals surface area contributed by atoms with Crippen LogP contribution in [0.5, 0.6) is 0 Å². The molecular formula is C23H42N2. The largest absolute Gasteiger partial charge is 0.329 e. The summed E-state index contributed by atoms with van der Waals surface area (Å²) < 4.78 is 2.22. The van der Waals surface area contributed by atoms with Gasteiger partial charge in [0.05, 0.1) is 0 Å². The Morgan fingerprint density at radius 3 is 1.88 bits per heavy atom. The van der Waals surface area contributed by atoms with Crippen molar-refractivity contribution in [3.63, 3.8) is 0 Å². The molecule has 144 valence electrons. The minimum atomic E-state index is 0.485. The molecule has 1 aromatic heterocycles. The standard InChI is InChI=1S/C23H42N2/c1-4-5-6-7-8-9-10-11-12-13-14-15-16-17-18-19-23-24-20-21-25(23)22(2)3/h18-22H,4-17H2,1-3H3. The van der Waals surface area contributed by atoms with Crippen LogP contribution < -0.4 is 0 Å². The van der Waals surface area contributed by atoms with Gasteiger partial charge in [-0.1, -0.05) is 90.0 Å². The molecule has 1 rings (SSSR count). The highest BCUT2D eigenvalue weighted by Crippen LogP contribution is 2.14. The lowest BCUT2D eigenvalue weighted by Crippen LogP contribution is -2.01. The topological polar surface area (TPSA) is 17.8 Å². The Labute approximate surface area is 157 Å². The molecular weight excluding hydrogens is 304 g/mol. The van der Waals surface area contributed by atoms with Crippen LogP contribution >= 0.6 is 0 Å². The third kappa shape index (κ3) is 11.2. The number of unbranched alkanes of at least 4 members (excludes halogenated alkanes) is 13. The lowest BCUT2D eigenvalue weighted by molar-refractivity contribution is 0.540. The first kappa shape index (κ1) is 22.0. The van der Waals surface area contributed by atoms with Gasteiger partial charge < -0.3 is 4.57 Å². The average molecular weight is 347 g/mol. The zero-order valence-electron chi connectivity index (χ0n) is 17.2. The Kier molecular flexibility index (Phi) is 13.4. The van der Waals surface area contributed by atoms with Gasteiger partial charge in [0.2, 0.25) is 0 Å². The molecule has 0 fully saturated rings. The van der Waals surface area contributed by atoms with Crippen LogP contribution in [0.15, 0.2) is 18.5 Å². The van der Waals surface area contributed by atoms with Gasteiger partial charge >= 0.3 is 0 Å². The Morgan fingerprint density at radius 2 is 1.36 bits per heavy atom. The summed E-state index contributed by atoms with van der Waals surface area (Å²) in [5.41, 5.74) is 0. The molecule has 1 heterocycles. The van der Waals surface area contributed by atoms with E-state index in [9.17, 15) is 0 Å². The third-order valence-electron chi connectivity index (χ3n) is 5.00. The summed E-state index contributed by atoms with van der Waals surface area (Å²) in [5.74, 6) is 1.09. The summed E-state index contributed by atoms with van der Waals surface area (Å²) in [6, 6.07) is 0.485. The molecule has 0 atom stereocenters. The van der Waals surface area contributed by atoms with Crippen LogP contribution in [0.25, 0.3) is 6.08 Å². The molecule has 2 nitrogen and oxygen atoms in total. The first-order valence-electron chi connectivity index (χ1n) is 10.9. The molecule has 0 amide bonds. The van der Waals surface area contributed by atoms with Gasteiger partial charge in [0, 0.05) is 18.4 Å². The van der Waals surface area contributed by atoms with Crippen molar-refractivity contribution in [1.29, 1.82) is 0 Å². The van der Waals surface area contributed by atoms with Crippen LogP contribution in [0.4, 0.5) is 0 Å². The SMILES string of the molecule is CCCCCCCCCCCCCCCC=Cc1nccn1C(C)C. The summed E-state index contributed by atoms with van der Waals surface area (Å²) in [6.45, 7) is 6.69. The lowest BCUT2D eigenvalue weighted by Gasteiger charge is -2.08. The number of rotatable bonds is 16. The number of hydrogen-bond donors (Lipinski definition) is 0. The van der Waals surface area contributed by atoms with E-state index in [1.165, 1.54) is 89.9 Å². The van der Waals surface area contributed by atoms with E-state index < -0.39 is 0 Å². The second-order valence-corrected chi connectivity index (χ2v) is 7.72. The predicted octanol–water partition coefficient (Wildman–Crippen LogP) is 7.96. The van der Waals surface area contributed by atoms with E-state index in [2.05, 4.69) is 48.7 Å². The molecule has 0 aromatic carbocycles. The van der Waals surface area contributed by atoms with Gasteiger partial charge in [-0.25, -0.2) is 4.98 Å². The molecule has 0 aliphatic heterocycles. The van der Waals surface area contributed by atoms with Crippen LogP contribution in [0, 0.1) is 0 Å². The van der Waals surface area contributed by atoms with Crippen LogP contribution in [0.3, 0.4) is 0 Å². The molecule has 0 N–H and O–H groups in total. The van der Waals surface area contributed by atoms with Gasteiger partial charge in [0.1, 0.15) is 5.82 Å². The number of aromatic nitrogens is 2. The molecule has 0 bridgehead atoms. The van der Waals surface area contributed by atoms with Crippen molar-refractivity contribution < 1.29 is 0 Å². The summed E-state index contributed by atoms with van der Waals surface area (Å²) in [7, 11) is 0. The van der Waals surface area contributed by atoms with E-state index in [0.29, 0.717) is 6.04 Å². The fourth-order valence-electron chi connectivity index (χ4n) is 3.36. The van der Waals surface area contributed by atoms with Crippen molar-refractivity contribution in [2.45, 2.75) is 117 Å². The molecule has 0 aliphatic rings. The Morgan fingerprint density at radius 1 is 0.840 bits per heavy atom. The number of allylic oxidation sites excluding steroid dienone is 1. The minimum Gasteiger partial charge on any atom is -0.329 e. The highest BCUT2D eigenvalue weighted by Gasteiger charge is 2.01. The van der Waals surface area contributed by atoms with Gasteiger partial charge in [0.15, 0.2) is 0 Å². The Bertz CT molecular complexity index is 431. The number of nitrogens with zero attached hydrogens (tertiary/aromatic N) is 2. The first-order chi connectivity index (χ1) is 12.3. The summed E-state index contributed by atoms with van der Waals surface area (Å²) in [4.78, 5) is 4.42. The Hall–Kier alpha value is -1.05. The molecule has 1 aromatic rings. The third-order valence-corrected chi connectivity index (χ3v) is 5.00. The quantitative estimate of drug-likeness (QED) is 0.278. The molecule has 0 aliphatic carbocycles. The maximum atomic E-state index is 4.42. The number of hydrogen-bond acceptors (Lipinski definition) is 1. The predicted molar refractivity (Wildman–Crippen MR) is 112 cm³/mol. The Balaban J connectivity index is 1.87. The minimum absolute atomic E-state index is 0.485. The smallest absolute Gasteiger partial charge is 0.132 e. The zero-order valence-corrected chi connectivity index (χ0v) is 17.2. The van der Waals surface area contributed by atoms with Crippen molar-refractivity contribution in [2.75, 3.05) is 0 Å². The molecule has 25 heavy (non-hydrogen) atoms. The fraction of sp³-hybridized carbons (Fsp3) is 0.783. The number of imidazole rings is 1. The van der Waals surface area contributed by atoms with Crippen LogP contribution in [0.1, 0.15) is 123 Å². The van der Waals surface area contributed by atoms with Gasteiger partial charge in [-0.2, -0.15) is 0 Å². The molecule has 0 saturated heterocycles. The molecule has 0 saturated carbocycles. The van der Waals surface area contributed by atoms with Crippen molar-refractivity contribution in [1.82, 2.24) is 9.55 Å². The molecule has 0 radical (unpaired) electrons. The maximum absolute atomic E-state index is 4.42. The first-order valence-corrected chi connectivity index (χ1v) is 10.9. The van der Waals surface area contributed by atoms with Crippen molar-refractivity contribution in [3.8, 4) is 0 Å². The maximum Gasteiger partial charge on any atom is 0.132 e. The van der Waals surface area contributed by atoms with E-state index in [-0.39, 0.29) is 0 Å². The summed E-state index contributed by atoms with van der Waals surface area (Å²) in [6.07, 6.45) is 28.1. The van der Waals surface area contributed by atoms with E-state index >= 15 is 0 Å². The van der Waals surface area contributed by atoms with Gasteiger partial charge in [0.25, 0.3) is 0 Å². The zero-order chi connectivity index (χ0) is 18.2. The van der Waals surface area contributed by atoms with Crippen molar-refractivity contribution in [3.05, 3.63) is 24.3 Å². The van der Waals surface area contributed by atoms with Gasteiger partial charge in [-0.15, -0.1) is 0 Å². The van der Waals surface area contributed by atoms with Crippen LogP contribution in [0.2, 0.25) is 0 Å². The molecule has 0 spiro atoms. The van der Waals surface area contributed by atoms with Crippen LogP contribution in [-0.2, 0) is 0 Å². The lowest BCUT2D eigenvalue weighted by atomic mass is 10.0. The van der Waals surface area contributed by atoms with Gasteiger partial charge in [-0.05, 0) is 32.8 Å². The second kappa shape index (κ2) is 15.2. The van der Waals surface area contributed by atoms with E-state index in [4.69, 9.17) is 0 Å². The monoisotopic (exact) mass is 346 g/mol. The summed E-state index contributed by atoms with van der Waals surface area (Å²) in [5, 5.41) is 0. The van der Waals surface area contributed by atoms with Gasteiger partial charge in [-0.3, -0.25) is 0 Å². The van der Waals surface area contributed by atoms with Crippen LogP contribution in [-0.4, -0.2) is 9.55 Å². The second-order valence-electron chi connectivity index (χ2n) is 7.72. The molecule has 2 heteroatoms. The highest BCUT2D eigenvalue weighted by atomic mass is 15.1. The van der Waals surface area contributed by atoms with E-state index in [1.807, 2.05) is 6.20 Å². The molecule has 0 unspecified atom stereocenters. The van der Waals surface area contributed by atoms with Crippen molar-refractivity contribution >= 4 is 6.08 Å². The fourth-order valence-corrected chi connectivity index (χ4v) is 3.36. The average Bonchev–Trinajstić information content (AvgIpc) is 3.07.